The van der Waals surface area contributed by atoms with Crippen molar-refractivity contribution in [2.24, 2.45) is 0 Å². The zero-order valence-corrected chi connectivity index (χ0v) is 14.6. The average Bonchev–Trinajstić information content (AvgIpc) is 2.29. The molecule has 2 N–H and O–H groups in total. The highest BCUT2D eigenvalue weighted by Crippen LogP contribution is 2.03. The van der Waals surface area contributed by atoms with Gasteiger partial charge < -0.3 is 10.6 Å². The molecular weight excluding hydrogens is 304 g/mol. The van der Waals surface area contributed by atoms with Crippen molar-refractivity contribution >= 4 is 56.6 Å². The Morgan fingerprint density at radius 3 is 1.44 bits per heavy atom. The van der Waals surface area contributed by atoms with Crippen LogP contribution in [0.1, 0.15) is 0 Å². The van der Waals surface area contributed by atoms with Gasteiger partial charge in [-0.2, -0.15) is 0 Å². The molecule has 0 radical (unpaired) electrons. The van der Waals surface area contributed by atoms with E-state index in [-0.39, 0.29) is 0 Å². The first kappa shape index (κ1) is 18.4. The monoisotopic (exact) mass is 326 g/mol. The lowest BCUT2D eigenvalue weighted by molar-refractivity contribution is 0.486. The Morgan fingerprint density at radius 2 is 1.17 bits per heavy atom. The molecular formula is C10H22N4S4. The van der Waals surface area contributed by atoms with Crippen LogP contribution in [-0.4, -0.2) is 71.5 Å². The summed E-state index contributed by atoms with van der Waals surface area (Å²) in [7, 11) is 8.10. The number of rotatable bonds is 7. The zero-order valence-electron chi connectivity index (χ0n) is 11.4. The van der Waals surface area contributed by atoms with Gasteiger partial charge in [0.25, 0.3) is 0 Å². The minimum Gasteiger partial charge on any atom is -0.369 e. The molecule has 18 heavy (non-hydrogen) atoms. The summed E-state index contributed by atoms with van der Waals surface area (Å²) >= 11 is 13.6. The number of thioether (sulfide) groups is 2. The van der Waals surface area contributed by atoms with Crippen molar-refractivity contribution in [3.05, 3.63) is 0 Å². The van der Waals surface area contributed by atoms with Gasteiger partial charge in [-0.25, -0.2) is 0 Å². The second kappa shape index (κ2) is 11.2. The number of nitrogens with zero attached hydrogens (tertiary/aromatic N) is 2. The lowest BCUT2D eigenvalue weighted by atomic mass is 10.6. The molecule has 0 saturated heterocycles. The van der Waals surface area contributed by atoms with Crippen LogP contribution >= 0.6 is 48.0 Å². The molecule has 0 aromatic heterocycles. The Labute approximate surface area is 130 Å². The fourth-order valence-electron chi connectivity index (χ4n) is 0.807. The molecule has 106 valence electrons. The number of thiocarbonyl (C=S) groups is 2. The molecule has 0 unspecified atom stereocenters. The quantitative estimate of drug-likeness (QED) is 0.411. The van der Waals surface area contributed by atoms with Gasteiger partial charge in [-0.05, 0) is 28.2 Å². The highest BCUT2D eigenvalue weighted by molar-refractivity contribution is 8.23. The van der Waals surface area contributed by atoms with Crippen LogP contribution < -0.4 is 10.6 Å². The third kappa shape index (κ3) is 12.8. The molecule has 0 atom stereocenters. The fraction of sp³-hybridized carbons (Fsp3) is 0.800. The van der Waals surface area contributed by atoms with Gasteiger partial charge in [0.1, 0.15) is 8.64 Å². The van der Waals surface area contributed by atoms with Gasteiger partial charge >= 0.3 is 0 Å². The molecule has 0 spiro atoms. The summed E-state index contributed by atoms with van der Waals surface area (Å²) in [5.74, 6) is 1.80. The highest BCUT2D eigenvalue weighted by Gasteiger charge is 2.00. The molecule has 0 aromatic carbocycles. The van der Waals surface area contributed by atoms with E-state index in [0.717, 1.165) is 33.5 Å². The van der Waals surface area contributed by atoms with Crippen molar-refractivity contribution in [1.29, 1.82) is 0 Å². The van der Waals surface area contributed by atoms with Crippen molar-refractivity contribution < 1.29 is 0 Å². The average molecular weight is 327 g/mol. The molecule has 0 aromatic rings. The maximum Gasteiger partial charge on any atom is 0.135 e. The lowest BCUT2D eigenvalue weighted by Gasteiger charge is -2.13. The van der Waals surface area contributed by atoms with Crippen molar-refractivity contribution in [3.63, 3.8) is 0 Å². The smallest absolute Gasteiger partial charge is 0.135 e. The van der Waals surface area contributed by atoms with E-state index in [9.17, 15) is 0 Å². The molecule has 0 aliphatic rings. The second-order valence-electron chi connectivity index (χ2n) is 4.13. The summed E-state index contributed by atoms with van der Waals surface area (Å²) < 4.78 is 1.66. The first-order valence-electron chi connectivity index (χ1n) is 5.52. The van der Waals surface area contributed by atoms with Gasteiger partial charge in [-0.3, -0.25) is 9.80 Å². The molecule has 0 aliphatic heterocycles. The summed E-state index contributed by atoms with van der Waals surface area (Å²) in [6, 6.07) is 0. The molecule has 8 heteroatoms. The third-order valence-electron chi connectivity index (χ3n) is 1.57. The topological polar surface area (TPSA) is 30.5 Å². The van der Waals surface area contributed by atoms with Gasteiger partial charge in [0.15, 0.2) is 0 Å². The molecule has 0 bridgehead atoms. The summed E-state index contributed by atoms with van der Waals surface area (Å²) in [5.41, 5.74) is 0. The van der Waals surface area contributed by atoms with Gasteiger partial charge in [0.2, 0.25) is 0 Å². The van der Waals surface area contributed by atoms with E-state index in [2.05, 4.69) is 20.4 Å². The Bertz CT molecular complexity index is 232. The molecule has 0 rings (SSSR count). The van der Waals surface area contributed by atoms with E-state index in [1.54, 1.807) is 23.5 Å². The minimum atomic E-state index is 0.794. The first-order chi connectivity index (χ1) is 8.41. The Kier molecular flexibility index (Phi) is 11.5. The molecule has 0 heterocycles. The van der Waals surface area contributed by atoms with E-state index in [4.69, 9.17) is 24.4 Å². The van der Waals surface area contributed by atoms with E-state index < -0.39 is 0 Å². The number of hydrogen-bond acceptors (Lipinski definition) is 6. The first-order valence-corrected chi connectivity index (χ1v) is 8.31. The van der Waals surface area contributed by atoms with Crippen LogP contribution in [0, 0.1) is 0 Å². The predicted octanol–water partition coefficient (Wildman–Crippen LogP) is 1.24. The van der Waals surface area contributed by atoms with E-state index in [0.29, 0.717) is 0 Å². The Balaban J connectivity index is 3.44. The normalized spacial score (nSPS) is 10.8. The van der Waals surface area contributed by atoms with Crippen LogP contribution in [0.3, 0.4) is 0 Å². The van der Waals surface area contributed by atoms with Crippen LogP contribution in [0.5, 0.6) is 0 Å². The summed E-state index contributed by atoms with van der Waals surface area (Å²) in [5, 5.41) is 6.37. The van der Waals surface area contributed by atoms with Crippen LogP contribution in [0.4, 0.5) is 0 Å². The molecule has 0 aliphatic carbocycles. The number of hydrogen-bond donors (Lipinski definition) is 2. The zero-order chi connectivity index (χ0) is 14.0. The fourth-order valence-corrected chi connectivity index (χ4v) is 2.49. The van der Waals surface area contributed by atoms with Crippen molar-refractivity contribution in [2.45, 2.75) is 0 Å². The molecule has 0 saturated carbocycles. The maximum absolute atomic E-state index is 5.19. The second-order valence-corrected chi connectivity index (χ2v) is 7.38. The van der Waals surface area contributed by atoms with Crippen LogP contribution in [-0.2, 0) is 0 Å². The predicted molar refractivity (Wildman–Crippen MR) is 93.5 cm³/mol. The van der Waals surface area contributed by atoms with Crippen LogP contribution in [0.15, 0.2) is 0 Å². The molecule has 0 fully saturated rings. The van der Waals surface area contributed by atoms with Crippen molar-refractivity contribution in [2.75, 3.05) is 53.0 Å². The Morgan fingerprint density at radius 1 is 0.833 bits per heavy atom. The van der Waals surface area contributed by atoms with Crippen LogP contribution in [0.2, 0.25) is 0 Å². The highest BCUT2D eigenvalue weighted by atomic mass is 32.2. The van der Waals surface area contributed by atoms with Gasteiger partial charge in [-0.1, -0.05) is 48.0 Å². The Hall–Kier alpha value is 0.400. The number of nitrogens with one attached hydrogen (secondary N) is 2. The lowest BCUT2D eigenvalue weighted by Crippen LogP contribution is -2.32. The molecule has 4 nitrogen and oxygen atoms in total. The maximum atomic E-state index is 5.19. The summed E-state index contributed by atoms with van der Waals surface area (Å²) in [6.07, 6.45) is 0. The minimum absolute atomic E-state index is 0.794. The van der Waals surface area contributed by atoms with Gasteiger partial charge in [0.05, 0.1) is 11.8 Å². The van der Waals surface area contributed by atoms with Gasteiger partial charge in [0, 0.05) is 13.1 Å². The van der Waals surface area contributed by atoms with E-state index >= 15 is 0 Å². The van der Waals surface area contributed by atoms with Crippen molar-refractivity contribution in [3.8, 4) is 0 Å². The van der Waals surface area contributed by atoms with E-state index in [1.165, 1.54) is 0 Å². The van der Waals surface area contributed by atoms with Crippen molar-refractivity contribution in [1.82, 2.24) is 20.4 Å². The third-order valence-corrected chi connectivity index (χ3v) is 4.67. The summed E-state index contributed by atoms with van der Waals surface area (Å²) in [6.45, 7) is 1.59. The van der Waals surface area contributed by atoms with E-state index in [1.807, 2.05) is 28.2 Å². The molecule has 0 amide bonds. The summed E-state index contributed by atoms with van der Waals surface area (Å²) in [4.78, 5) is 4.17. The van der Waals surface area contributed by atoms with Gasteiger partial charge in [-0.15, -0.1) is 0 Å². The van der Waals surface area contributed by atoms with Crippen LogP contribution in [0.25, 0.3) is 0 Å². The largest absolute Gasteiger partial charge is 0.369 e. The SMILES string of the molecule is CN(C)CSC(=S)NCCNC(=S)SCN(C)C. The standard InChI is InChI=1S/C10H22N4S4/c1-13(2)7-17-9(15)11-5-6-12-10(16)18-8-14(3)4/h5-8H2,1-4H3,(H,11,15)(H,12,16).